The van der Waals surface area contributed by atoms with Crippen molar-refractivity contribution in [3.05, 3.63) is 69.7 Å². The SMILES string of the molecule is Cn1nc2c(c1-c1cc(Cl)cc(Cl)c1)C[C@@H]1CCC[C@H]2N1C(=O)c1cc2ncccc2o1. The number of piperidine rings is 1. The lowest BCUT2D eigenvalue weighted by Crippen LogP contribution is -2.49. The highest BCUT2D eigenvalue weighted by Gasteiger charge is 2.44. The smallest absolute Gasteiger partial charge is 0.290 e. The maximum absolute atomic E-state index is 13.6. The molecule has 2 aliphatic heterocycles. The van der Waals surface area contributed by atoms with Gasteiger partial charge >= 0.3 is 0 Å². The van der Waals surface area contributed by atoms with E-state index in [1.54, 1.807) is 24.4 Å². The highest BCUT2D eigenvalue weighted by molar-refractivity contribution is 6.35. The number of pyridine rings is 1. The van der Waals surface area contributed by atoms with Crippen LogP contribution in [-0.2, 0) is 13.5 Å². The molecule has 5 heterocycles. The van der Waals surface area contributed by atoms with Gasteiger partial charge in [0.2, 0.25) is 0 Å². The molecular formula is C24H20Cl2N4O2. The Hall–Kier alpha value is -2.83. The van der Waals surface area contributed by atoms with E-state index >= 15 is 0 Å². The molecule has 0 saturated carbocycles. The molecule has 0 spiro atoms. The first-order valence-corrected chi connectivity index (χ1v) is 11.4. The third-order valence-electron chi connectivity index (χ3n) is 6.54. The van der Waals surface area contributed by atoms with Crippen LogP contribution in [0.15, 0.2) is 47.0 Å². The van der Waals surface area contributed by atoms with Gasteiger partial charge in [0.15, 0.2) is 11.3 Å². The van der Waals surface area contributed by atoms with Gasteiger partial charge in [-0.1, -0.05) is 23.2 Å². The molecule has 8 heteroatoms. The summed E-state index contributed by atoms with van der Waals surface area (Å²) in [7, 11) is 1.93. The second-order valence-corrected chi connectivity index (χ2v) is 9.38. The summed E-state index contributed by atoms with van der Waals surface area (Å²) in [5.41, 5.74) is 5.41. The first kappa shape index (κ1) is 19.8. The van der Waals surface area contributed by atoms with Crippen LogP contribution in [-0.4, -0.2) is 31.6 Å². The number of nitrogens with zero attached hydrogens (tertiary/aromatic N) is 4. The van der Waals surface area contributed by atoms with Crippen LogP contribution >= 0.6 is 23.2 Å². The summed E-state index contributed by atoms with van der Waals surface area (Å²) in [6, 6.07) is 10.9. The van der Waals surface area contributed by atoms with Crippen molar-refractivity contribution in [3.63, 3.8) is 0 Å². The minimum absolute atomic E-state index is 0.0826. The highest BCUT2D eigenvalue weighted by atomic mass is 35.5. The first-order chi connectivity index (χ1) is 15.5. The molecule has 0 radical (unpaired) electrons. The lowest BCUT2D eigenvalue weighted by molar-refractivity contribution is 0.0363. The van der Waals surface area contributed by atoms with E-state index in [2.05, 4.69) is 4.98 Å². The van der Waals surface area contributed by atoms with Crippen molar-refractivity contribution in [3.8, 4) is 11.3 Å². The Labute approximate surface area is 194 Å². The van der Waals surface area contributed by atoms with Crippen LogP contribution in [0.3, 0.4) is 0 Å². The summed E-state index contributed by atoms with van der Waals surface area (Å²) in [6.07, 6.45) is 5.33. The number of amides is 1. The van der Waals surface area contributed by atoms with Crippen LogP contribution in [0.5, 0.6) is 0 Å². The number of halogens is 2. The molecule has 1 aromatic carbocycles. The van der Waals surface area contributed by atoms with Crippen LogP contribution in [0, 0.1) is 0 Å². The van der Waals surface area contributed by atoms with Gasteiger partial charge in [-0.05, 0) is 56.0 Å². The van der Waals surface area contributed by atoms with Gasteiger partial charge in [0, 0.05) is 46.5 Å². The van der Waals surface area contributed by atoms with Gasteiger partial charge < -0.3 is 9.32 Å². The third kappa shape index (κ3) is 3.05. The Bertz CT molecular complexity index is 1320. The van der Waals surface area contributed by atoms with E-state index in [0.717, 1.165) is 42.6 Å². The predicted octanol–water partition coefficient (Wildman–Crippen LogP) is 5.83. The van der Waals surface area contributed by atoms with Crippen LogP contribution in [0.1, 0.15) is 47.1 Å². The second kappa shape index (κ2) is 7.36. The molecule has 1 fully saturated rings. The zero-order valence-electron chi connectivity index (χ0n) is 17.4. The molecule has 0 aliphatic carbocycles. The topological polar surface area (TPSA) is 64.2 Å². The fourth-order valence-corrected chi connectivity index (χ4v) is 5.83. The first-order valence-electron chi connectivity index (χ1n) is 10.7. The highest BCUT2D eigenvalue weighted by Crippen LogP contribution is 2.45. The quantitative estimate of drug-likeness (QED) is 0.372. The number of carbonyl (C=O) groups excluding carboxylic acids is 1. The molecule has 2 bridgehead atoms. The molecule has 32 heavy (non-hydrogen) atoms. The Morgan fingerprint density at radius 2 is 1.97 bits per heavy atom. The minimum atomic E-state index is -0.0960. The van der Waals surface area contributed by atoms with Crippen molar-refractivity contribution in [1.29, 1.82) is 0 Å². The molecule has 0 unspecified atom stereocenters. The average Bonchev–Trinajstić information content (AvgIpc) is 3.33. The summed E-state index contributed by atoms with van der Waals surface area (Å²) in [5.74, 6) is 0.234. The number of furan rings is 1. The number of carbonyl (C=O) groups is 1. The van der Waals surface area contributed by atoms with Gasteiger partial charge in [-0.3, -0.25) is 14.5 Å². The van der Waals surface area contributed by atoms with E-state index in [1.165, 1.54) is 5.56 Å². The van der Waals surface area contributed by atoms with Gasteiger partial charge in [-0.2, -0.15) is 5.10 Å². The van der Waals surface area contributed by atoms with Crippen molar-refractivity contribution in [1.82, 2.24) is 19.7 Å². The summed E-state index contributed by atoms with van der Waals surface area (Å²) >= 11 is 12.6. The standard InChI is InChI=1S/C24H20Cl2N4O2/c1-29-23(13-8-14(25)10-15(26)9-13)17-11-16-4-2-5-19(22(17)28-29)30(16)24(31)21-12-18-20(32-21)6-3-7-27-18/h3,6-10,12,16,19H,2,4-5,11H2,1H3/t16-,19+/m0/s1. The Morgan fingerprint density at radius 1 is 1.16 bits per heavy atom. The fourth-order valence-electron chi connectivity index (χ4n) is 5.30. The summed E-state index contributed by atoms with van der Waals surface area (Å²) in [4.78, 5) is 19.9. The van der Waals surface area contributed by atoms with E-state index in [9.17, 15) is 4.79 Å². The zero-order chi connectivity index (χ0) is 22.0. The van der Waals surface area contributed by atoms with Crippen LogP contribution in [0.4, 0.5) is 0 Å². The predicted molar refractivity (Wildman–Crippen MR) is 123 cm³/mol. The van der Waals surface area contributed by atoms with Crippen molar-refractivity contribution >= 4 is 40.2 Å². The van der Waals surface area contributed by atoms with Crippen LogP contribution in [0.2, 0.25) is 10.0 Å². The van der Waals surface area contributed by atoms with E-state index < -0.39 is 0 Å². The van der Waals surface area contributed by atoms with Crippen molar-refractivity contribution in [2.45, 2.75) is 37.8 Å². The number of hydrogen-bond donors (Lipinski definition) is 0. The number of rotatable bonds is 2. The number of aromatic nitrogens is 3. The van der Waals surface area contributed by atoms with Gasteiger partial charge in [0.25, 0.3) is 5.91 Å². The summed E-state index contributed by atoms with van der Waals surface area (Å²) in [5, 5.41) is 6.05. The van der Waals surface area contributed by atoms with Gasteiger partial charge in [0.05, 0.1) is 17.4 Å². The maximum Gasteiger partial charge on any atom is 0.290 e. The minimum Gasteiger partial charge on any atom is -0.449 e. The van der Waals surface area contributed by atoms with Crippen molar-refractivity contribution in [2.75, 3.05) is 0 Å². The van der Waals surface area contributed by atoms with Crippen LogP contribution < -0.4 is 0 Å². The normalized spacial score (nSPS) is 19.9. The van der Waals surface area contributed by atoms with Gasteiger partial charge in [-0.15, -0.1) is 0 Å². The van der Waals surface area contributed by atoms with Crippen LogP contribution in [0.25, 0.3) is 22.4 Å². The average molecular weight is 467 g/mol. The molecule has 6 rings (SSSR count). The molecule has 3 aromatic heterocycles. The number of benzene rings is 1. The molecule has 6 nitrogen and oxygen atoms in total. The summed E-state index contributed by atoms with van der Waals surface area (Å²) in [6.45, 7) is 0. The third-order valence-corrected chi connectivity index (χ3v) is 6.98. The van der Waals surface area contributed by atoms with E-state index in [-0.39, 0.29) is 18.0 Å². The van der Waals surface area contributed by atoms with Gasteiger partial charge in [0.1, 0.15) is 5.52 Å². The molecule has 162 valence electrons. The fraction of sp³-hybridized carbons (Fsp3) is 0.292. The largest absolute Gasteiger partial charge is 0.449 e. The number of hydrogen-bond acceptors (Lipinski definition) is 4. The van der Waals surface area contributed by atoms with Gasteiger partial charge in [-0.25, -0.2) is 0 Å². The molecule has 1 amide bonds. The second-order valence-electron chi connectivity index (χ2n) is 8.51. The molecule has 1 saturated heterocycles. The molecular weight excluding hydrogens is 447 g/mol. The van der Waals surface area contributed by atoms with E-state index in [0.29, 0.717) is 26.9 Å². The van der Waals surface area contributed by atoms with E-state index in [4.69, 9.17) is 32.7 Å². The monoisotopic (exact) mass is 466 g/mol. The Balaban J connectivity index is 1.43. The maximum atomic E-state index is 13.6. The zero-order valence-corrected chi connectivity index (χ0v) is 18.9. The number of fused-ring (bicyclic) bond motifs is 5. The molecule has 2 atom stereocenters. The molecule has 2 aliphatic rings. The molecule has 0 N–H and O–H groups in total. The lowest BCUT2D eigenvalue weighted by Gasteiger charge is -2.45. The summed E-state index contributed by atoms with van der Waals surface area (Å²) < 4.78 is 7.74. The molecule has 4 aromatic rings. The Kier molecular flexibility index (Phi) is 4.56. The van der Waals surface area contributed by atoms with Crippen molar-refractivity contribution in [2.24, 2.45) is 7.05 Å². The number of aryl methyl sites for hydroxylation is 1. The van der Waals surface area contributed by atoms with E-state index in [1.807, 2.05) is 34.8 Å². The Morgan fingerprint density at radius 3 is 2.75 bits per heavy atom. The lowest BCUT2D eigenvalue weighted by atomic mass is 9.81. The van der Waals surface area contributed by atoms with Crippen molar-refractivity contribution < 1.29 is 9.21 Å².